The Bertz CT molecular complexity index is 397. The molecule has 0 aliphatic rings. The first-order chi connectivity index (χ1) is 8.92. The summed E-state index contributed by atoms with van der Waals surface area (Å²) >= 11 is 0. The smallest absolute Gasteiger partial charge is 0.411 e. The van der Waals surface area contributed by atoms with Gasteiger partial charge in [0.05, 0.1) is 5.69 Å². The van der Waals surface area contributed by atoms with Gasteiger partial charge in [0.25, 0.3) is 0 Å². The molecule has 0 fully saturated rings. The maximum atomic E-state index is 11.9. The van der Waals surface area contributed by atoms with E-state index in [1.165, 1.54) is 0 Å². The van der Waals surface area contributed by atoms with E-state index in [1.807, 2.05) is 13.8 Å². The summed E-state index contributed by atoms with van der Waals surface area (Å²) in [4.78, 5) is 4.27. The molecule has 0 aromatic carbocycles. The fourth-order valence-electron chi connectivity index (χ4n) is 1.36. The molecule has 0 amide bonds. The molecule has 1 rings (SSSR count). The van der Waals surface area contributed by atoms with Crippen LogP contribution < -0.4 is 10.1 Å². The van der Waals surface area contributed by atoms with Gasteiger partial charge in [0, 0.05) is 12.2 Å². The molecule has 7 heteroatoms. The van der Waals surface area contributed by atoms with Crippen LogP contribution in [-0.4, -0.2) is 31.1 Å². The van der Waals surface area contributed by atoms with Crippen LogP contribution in [0.4, 0.5) is 13.2 Å². The molecule has 1 aromatic rings. The Balaban J connectivity index is 2.52. The molecule has 0 bridgehead atoms. The predicted molar refractivity (Wildman–Crippen MR) is 63.9 cm³/mol. The van der Waals surface area contributed by atoms with Crippen LogP contribution in [0.25, 0.3) is 0 Å². The predicted octanol–water partition coefficient (Wildman–Crippen LogP) is 2.41. The summed E-state index contributed by atoms with van der Waals surface area (Å²) in [6.07, 6.45) is -4.35. The molecular formula is C12H17F3N2O2. The quantitative estimate of drug-likeness (QED) is 0.614. The highest BCUT2D eigenvalue weighted by atomic mass is 19.4. The normalized spacial score (nSPS) is 11.6. The Hall–Kier alpha value is -1.34. The monoisotopic (exact) mass is 278 g/mol. The fourth-order valence-corrected chi connectivity index (χ4v) is 1.36. The van der Waals surface area contributed by atoms with Crippen molar-refractivity contribution in [3.8, 4) is 5.75 Å². The number of aromatic nitrogens is 1. The number of ether oxygens (including phenoxy) is 2. The van der Waals surface area contributed by atoms with Crippen LogP contribution in [0, 0.1) is 6.92 Å². The van der Waals surface area contributed by atoms with Crippen molar-refractivity contribution >= 4 is 0 Å². The van der Waals surface area contributed by atoms with E-state index in [2.05, 4.69) is 15.0 Å². The molecule has 1 aromatic heterocycles. The first kappa shape index (κ1) is 15.7. The molecule has 0 atom stereocenters. The van der Waals surface area contributed by atoms with E-state index in [1.54, 1.807) is 12.1 Å². The Morgan fingerprint density at radius 3 is 2.68 bits per heavy atom. The zero-order valence-corrected chi connectivity index (χ0v) is 10.9. The third kappa shape index (κ3) is 6.40. The minimum Gasteiger partial charge on any atom is -0.466 e. The van der Waals surface area contributed by atoms with Crippen LogP contribution in [0.2, 0.25) is 0 Å². The fraction of sp³-hybridized carbons (Fsp3) is 0.583. The SMILES string of the molecule is CCNCc1nc(C)ccc1OCOCC(F)(F)F. The van der Waals surface area contributed by atoms with Crippen molar-refractivity contribution in [2.24, 2.45) is 0 Å². The molecule has 19 heavy (non-hydrogen) atoms. The summed E-state index contributed by atoms with van der Waals surface area (Å²) in [5.74, 6) is 0.425. The van der Waals surface area contributed by atoms with Crippen LogP contribution >= 0.6 is 0 Å². The second-order valence-corrected chi connectivity index (χ2v) is 3.90. The number of hydrogen-bond donors (Lipinski definition) is 1. The van der Waals surface area contributed by atoms with Gasteiger partial charge in [0.15, 0.2) is 6.79 Å². The van der Waals surface area contributed by atoms with E-state index < -0.39 is 19.6 Å². The van der Waals surface area contributed by atoms with E-state index in [0.717, 1.165) is 12.2 Å². The first-order valence-corrected chi connectivity index (χ1v) is 5.87. The van der Waals surface area contributed by atoms with Crippen molar-refractivity contribution in [3.63, 3.8) is 0 Å². The molecule has 0 saturated carbocycles. The number of hydrogen-bond acceptors (Lipinski definition) is 4. The summed E-state index contributed by atoms with van der Waals surface area (Å²) in [5.41, 5.74) is 1.47. The number of aryl methyl sites for hydroxylation is 1. The number of pyridine rings is 1. The molecule has 0 aliphatic carbocycles. The molecule has 0 aliphatic heterocycles. The van der Waals surface area contributed by atoms with Crippen LogP contribution in [0.15, 0.2) is 12.1 Å². The molecular weight excluding hydrogens is 261 g/mol. The van der Waals surface area contributed by atoms with E-state index in [-0.39, 0.29) is 0 Å². The standard InChI is InChI=1S/C12H17F3N2O2/c1-3-16-6-10-11(5-4-9(2)17-10)19-8-18-7-12(13,14)15/h4-5,16H,3,6-8H2,1-2H3. The van der Waals surface area contributed by atoms with E-state index in [9.17, 15) is 13.2 Å². The lowest BCUT2D eigenvalue weighted by atomic mass is 10.3. The maximum Gasteiger partial charge on any atom is 0.411 e. The van der Waals surface area contributed by atoms with E-state index >= 15 is 0 Å². The highest BCUT2D eigenvalue weighted by molar-refractivity contribution is 5.29. The number of rotatable bonds is 7. The largest absolute Gasteiger partial charge is 0.466 e. The van der Waals surface area contributed by atoms with Crippen molar-refractivity contribution in [2.75, 3.05) is 19.9 Å². The molecule has 1 N–H and O–H groups in total. The molecule has 4 nitrogen and oxygen atoms in total. The Kier molecular flexibility index (Phi) is 6.04. The van der Waals surface area contributed by atoms with Gasteiger partial charge in [-0.2, -0.15) is 13.2 Å². The third-order valence-electron chi connectivity index (χ3n) is 2.18. The molecule has 0 spiro atoms. The number of nitrogens with zero attached hydrogens (tertiary/aromatic N) is 1. The Labute approximate surface area is 109 Å². The van der Waals surface area contributed by atoms with Gasteiger partial charge in [0.2, 0.25) is 0 Å². The lowest BCUT2D eigenvalue weighted by molar-refractivity contribution is -0.186. The minimum atomic E-state index is -4.35. The van der Waals surface area contributed by atoms with Gasteiger partial charge in [-0.3, -0.25) is 4.98 Å². The number of nitrogens with one attached hydrogen (secondary N) is 1. The van der Waals surface area contributed by atoms with Gasteiger partial charge in [-0.25, -0.2) is 0 Å². The van der Waals surface area contributed by atoms with E-state index in [0.29, 0.717) is 18.0 Å². The molecule has 0 saturated heterocycles. The van der Waals surface area contributed by atoms with Crippen LogP contribution in [-0.2, 0) is 11.3 Å². The number of halogens is 3. The Morgan fingerprint density at radius 1 is 1.32 bits per heavy atom. The lowest BCUT2D eigenvalue weighted by Crippen LogP contribution is -2.20. The average Bonchev–Trinajstić information content (AvgIpc) is 2.32. The molecule has 0 radical (unpaired) electrons. The molecule has 1 heterocycles. The van der Waals surface area contributed by atoms with Crippen LogP contribution in [0.1, 0.15) is 18.3 Å². The molecule has 0 unspecified atom stereocenters. The molecule has 108 valence electrons. The van der Waals surface area contributed by atoms with Gasteiger partial charge in [-0.15, -0.1) is 0 Å². The summed E-state index contributed by atoms with van der Waals surface area (Å²) in [5, 5.41) is 3.08. The van der Waals surface area contributed by atoms with Gasteiger partial charge in [-0.1, -0.05) is 6.92 Å². The first-order valence-electron chi connectivity index (χ1n) is 5.87. The topological polar surface area (TPSA) is 43.4 Å². The summed E-state index contributed by atoms with van der Waals surface area (Å²) in [7, 11) is 0. The maximum absolute atomic E-state index is 11.9. The summed E-state index contributed by atoms with van der Waals surface area (Å²) in [6.45, 7) is 3.26. The van der Waals surface area contributed by atoms with Crippen molar-refractivity contribution in [1.29, 1.82) is 0 Å². The van der Waals surface area contributed by atoms with Crippen LogP contribution in [0.3, 0.4) is 0 Å². The summed E-state index contributed by atoms with van der Waals surface area (Å²) in [6, 6.07) is 3.40. The van der Waals surface area contributed by atoms with Gasteiger partial charge in [-0.05, 0) is 25.6 Å². The van der Waals surface area contributed by atoms with Crippen molar-refractivity contribution in [3.05, 3.63) is 23.5 Å². The van der Waals surface area contributed by atoms with Crippen molar-refractivity contribution in [2.45, 2.75) is 26.6 Å². The lowest BCUT2D eigenvalue weighted by Gasteiger charge is -2.12. The highest BCUT2D eigenvalue weighted by Gasteiger charge is 2.27. The zero-order valence-electron chi connectivity index (χ0n) is 10.9. The van der Waals surface area contributed by atoms with Crippen molar-refractivity contribution < 1.29 is 22.6 Å². The van der Waals surface area contributed by atoms with Gasteiger partial charge >= 0.3 is 6.18 Å². The van der Waals surface area contributed by atoms with Gasteiger partial charge in [0.1, 0.15) is 12.4 Å². The van der Waals surface area contributed by atoms with Crippen LogP contribution in [0.5, 0.6) is 5.75 Å². The highest BCUT2D eigenvalue weighted by Crippen LogP contribution is 2.18. The summed E-state index contributed by atoms with van der Waals surface area (Å²) < 4.78 is 45.2. The van der Waals surface area contributed by atoms with E-state index in [4.69, 9.17) is 4.74 Å². The minimum absolute atomic E-state index is 0.425. The Morgan fingerprint density at radius 2 is 2.05 bits per heavy atom. The third-order valence-corrected chi connectivity index (χ3v) is 2.18. The average molecular weight is 278 g/mol. The van der Waals surface area contributed by atoms with Gasteiger partial charge < -0.3 is 14.8 Å². The second-order valence-electron chi connectivity index (χ2n) is 3.90. The zero-order chi connectivity index (χ0) is 14.3. The number of alkyl halides is 3. The van der Waals surface area contributed by atoms with Crippen molar-refractivity contribution in [1.82, 2.24) is 10.3 Å². The second kappa shape index (κ2) is 7.30.